The highest BCUT2D eigenvalue weighted by molar-refractivity contribution is 8.16. The average Bonchev–Trinajstić information content (AvgIpc) is 3.09. The molecule has 1 aromatic carbocycles. The first kappa shape index (κ1) is 22.4. The number of fused-ring (bicyclic) bond motifs is 1. The maximum Gasteiger partial charge on any atom is 0.338 e. The number of rotatable bonds is 7. The van der Waals surface area contributed by atoms with E-state index in [0.717, 1.165) is 22.8 Å². The van der Waals surface area contributed by atoms with Crippen LogP contribution in [0.25, 0.3) is 0 Å². The van der Waals surface area contributed by atoms with Gasteiger partial charge >= 0.3 is 5.97 Å². The lowest BCUT2D eigenvalue weighted by molar-refractivity contribution is -0.139. The number of benzene rings is 1. The minimum Gasteiger partial charge on any atom is -0.463 e. The summed E-state index contributed by atoms with van der Waals surface area (Å²) >= 11 is 7.98. The highest BCUT2D eigenvalue weighted by atomic mass is 35.5. The van der Waals surface area contributed by atoms with Crippen LogP contribution in [0.2, 0.25) is 5.02 Å². The van der Waals surface area contributed by atoms with Crippen molar-refractivity contribution < 1.29 is 14.3 Å². The number of nitrogens with zero attached hydrogens (tertiary/aromatic N) is 2. The molecule has 1 amide bonds. The molecule has 3 rings (SSSR count). The molecule has 0 bridgehead atoms. The lowest BCUT2D eigenvalue weighted by Crippen LogP contribution is -2.39. The number of thioether (sulfide) groups is 1. The van der Waals surface area contributed by atoms with Gasteiger partial charge in [-0.3, -0.25) is 4.79 Å². The second-order valence-corrected chi connectivity index (χ2v) is 8.43. The molecule has 8 heteroatoms. The van der Waals surface area contributed by atoms with Crippen LogP contribution in [0.5, 0.6) is 0 Å². The summed E-state index contributed by atoms with van der Waals surface area (Å²) in [4.78, 5) is 32.0. The number of nitrogens with one attached hydrogen (secondary N) is 1. The minimum absolute atomic E-state index is 0.0701. The van der Waals surface area contributed by atoms with E-state index in [1.165, 1.54) is 11.8 Å². The summed E-state index contributed by atoms with van der Waals surface area (Å²) in [6, 6.07) is 7.00. The molecule has 0 fully saturated rings. The summed E-state index contributed by atoms with van der Waals surface area (Å²) < 4.78 is 5.33. The van der Waals surface area contributed by atoms with Crippen molar-refractivity contribution in [3.63, 3.8) is 0 Å². The van der Waals surface area contributed by atoms with E-state index in [0.29, 0.717) is 16.3 Å². The molecule has 0 radical (unpaired) electrons. The van der Waals surface area contributed by atoms with Gasteiger partial charge in [0, 0.05) is 16.8 Å². The molecule has 0 spiro atoms. The van der Waals surface area contributed by atoms with E-state index in [1.54, 1.807) is 19.9 Å². The monoisotopic (exact) mass is 447 g/mol. The molecule has 0 unspecified atom stereocenters. The van der Waals surface area contributed by atoms with Gasteiger partial charge in [0.1, 0.15) is 0 Å². The van der Waals surface area contributed by atoms with Gasteiger partial charge in [-0.2, -0.15) is 0 Å². The number of hydrogen-bond acceptors (Lipinski definition) is 6. The Labute approximate surface area is 186 Å². The Balaban J connectivity index is 2.02. The number of aliphatic imine (C=N–C) groups is 1. The fourth-order valence-electron chi connectivity index (χ4n) is 3.42. The molecular formula is C22H26ClN3O3S. The van der Waals surface area contributed by atoms with E-state index in [4.69, 9.17) is 16.3 Å². The topological polar surface area (TPSA) is 71.0 Å². The Morgan fingerprint density at radius 2 is 2.07 bits per heavy atom. The van der Waals surface area contributed by atoms with E-state index in [-0.39, 0.29) is 25.0 Å². The zero-order valence-corrected chi connectivity index (χ0v) is 19.1. The molecular weight excluding hydrogens is 422 g/mol. The minimum atomic E-state index is -0.511. The van der Waals surface area contributed by atoms with Crippen LogP contribution in [-0.4, -0.2) is 34.6 Å². The Morgan fingerprint density at radius 3 is 2.73 bits per heavy atom. The molecule has 2 atom stereocenters. The number of amidine groups is 1. The Bertz CT molecular complexity index is 941. The third kappa shape index (κ3) is 4.57. The van der Waals surface area contributed by atoms with Crippen molar-refractivity contribution in [2.75, 3.05) is 6.61 Å². The average molecular weight is 448 g/mol. The normalized spacial score (nSPS) is 19.1. The summed E-state index contributed by atoms with van der Waals surface area (Å²) in [7, 11) is 0. The van der Waals surface area contributed by atoms with Crippen molar-refractivity contribution in [1.82, 2.24) is 10.2 Å². The molecule has 1 N–H and O–H groups in total. The van der Waals surface area contributed by atoms with E-state index >= 15 is 0 Å². The lowest BCUT2D eigenvalue weighted by atomic mass is 9.93. The van der Waals surface area contributed by atoms with Crippen molar-refractivity contribution >= 4 is 40.4 Å². The smallest absolute Gasteiger partial charge is 0.338 e. The van der Waals surface area contributed by atoms with Crippen LogP contribution in [-0.2, 0) is 14.3 Å². The predicted molar refractivity (Wildman–Crippen MR) is 121 cm³/mol. The van der Waals surface area contributed by atoms with Crippen molar-refractivity contribution in [2.45, 2.75) is 52.6 Å². The fourth-order valence-corrected chi connectivity index (χ4v) is 4.63. The van der Waals surface area contributed by atoms with Crippen LogP contribution in [0, 0.1) is 0 Å². The molecule has 0 aromatic heterocycles. The zero-order valence-electron chi connectivity index (χ0n) is 17.6. The highest BCUT2D eigenvalue weighted by Crippen LogP contribution is 2.46. The molecule has 1 aromatic rings. The maximum atomic E-state index is 12.9. The first-order valence-electron chi connectivity index (χ1n) is 10.0. The van der Waals surface area contributed by atoms with Gasteiger partial charge in [0.2, 0.25) is 5.91 Å². The molecule has 2 heterocycles. The Morgan fingerprint density at radius 1 is 1.33 bits per heavy atom. The van der Waals surface area contributed by atoms with Crippen molar-refractivity contribution in [1.29, 1.82) is 0 Å². The first-order chi connectivity index (χ1) is 14.4. The molecule has 0 saturated heterocycles. The molecule has 160 valence electrons. The third-order valence-corrected chi connectivity index (χ3v) is 6.29. The Hall–Kier alpha value is -2.25. The zero-order chi connectivity index (χ0) is 21.8. The summed E-state index contributed by atoms with van der Waals surface area (Å²) in [5.41, 5.74) is 2.57. The molecule has 6 nitrogen and oxygen atoms in total. The number of carbonyl (C=O) groups is 2. The summed E-state index contributed by atoms with van der Waals surface area (Å²) in [5, 5.41) is 6.17. The number of esters is 1. The van der Waals surface area contributed by atoms with Gasteiger partial charge in [0.05, 0.1) is 30.3 Å². The van der Waals surface area contributed by atoms with Crippen LogP contribution >= 0.6 is 23.4 Å². The Kier molecular flexibility index (Phi) is 7.26. The van der Waals surface area contributed by atoms with E-state index in [9.17, 15) is 9.59 Å². The standard InChI is InChI=1S/C22H26ClN3O3S/c1-5-13(3)24-18(27)11-15-12-30-22-25-14(4)19(21(28)29-6-2)20(26(15)22)16-9-7-8-10-17(16)23/h7-10,12-13,20H,5-6,11H2,1-4H3,(H,24,27)/t13-,20+/m1/s1. The van der Waals surface area contributed by atoms with Crippen molar-refractivity contribution in [3.8, 4) is 0 Å². The molecule has 2 aliphatic heterocycles. The molecule has 2 aliphatic rings. The highest BCUT2D eigenvalue weighted by Gasteiger charge is 2.41. The number of hydrogen-bond donors (Lipinski definition) is 1. The van der Waals surface area contributed by atoms with Gasteiger partial charge < -0.3 is 15.0 Å². The maximum absolute atomic E-state index is 12.9. The summed E-state index contributed by atoms with van der Waals surface area (Å²) in [6.45, 7) is 7.83. The van der Waals surface area contributed by atoms with Gasteiger partial charge in [0.15, 0.2) is 5.17 Å². The van der Waals surface area contributed by atoms with Crippen LogP contribution in [0.1, 0.15) is 52.1 Å². The fraction of sp³-hybridized carbons (Fsp3) is 0.409. The SMILES string of the molecule is CCOC(=O)C1=C(C)N=C2SC=C(CC(=O)N[C@H](C)CC)N2[C@H]1c1ccccc1Cl. The molecule has 0 aliphatic carbocycles. The van der Waals surface area contributed by atoms with Gasteiger partial charge in [-0.05, 0) is 44.2 Å². The summed E-state index contributed by atoms with van der Waals surface area (Å²) in [6.07, 6.45) is 1.04. The van der Waals surface area contributed by atoms with E-state index < -0.39 is 12.0 Å². The number of carbonyl (C=O) groups excluding carboxylic acids is 2. The number of allylic oxidation sites excluding steroid dienone is 1. The number of amides is 1. The largest absolute Gasteiger partial charge is 0.463 e. The second kappa shape index (κ2) is 9.71. The van der Waals surface area contributed by atoms with Gasteiger partial charge in [0.25, 0.3) is 0 Å². The van der Waals surface area contributed by atoms with Crippen LogP contribution in [0.15, 0.2) is 51.6 Å². The lowest BCUT2D eigenvalue weighted by Gasteiger charge is -2.36. The summed E-state index contributed by atoms with van der Waals surface area (Å²) in [5.74, 6) is -0.498. The molecule has 0 saturated carbocycles. The van der Waals surface area contributed by atoms with Crippen LogP contribution in [0.4, 0.5) is 0 Å². The van der Waals surface area contributed by atoms with Gasteiger partial charge in [-0.25, -0.2) is 9.79 Å². The number of halogens is 1. The van der Waals surface area contributed by atoms with Gasteiger partial charge in [-0.1, -0.05) is 48.5 Å². The van der Waals surface area contributed by atoms with Crippen LogP contribution in [0.3, 0.4) is 0 Å². The van der Waals surface area contributed by atoms with E-state index in [2.05, 4.69) is 10.3 Å². The first-order valence-corrected chi connectivity index (χ1v) is 11.3. The predicted octanol–water partition coefficient (Wildman–Crippen LogP) is 4.78. The van der Waals surface area contributed by atoms with Crippen LogP contribution < -0.4 is 5.32 Å². The second-order valence-electron chi connectivity index (χ2n) is 7.19. The quantitative estimate of drug-likeness (QED) is 0.609. The van der Waals surface area contributed by atoms with Gasteiger partial charge in [-0.15, -0.1) is 0 Å². The number of ether oxygens (including phenoxy) is 1. The van der Waals surface area contributed by atoms with Crippen molar-refractivity contribution in [2.24, 2.45) is 4.99 Å². The van der Waals surface area contributed by atoms with E-state index in [1.807, 2.05) is 42.4 Å². The third-order valence-electron chi connectivity index (χ3n) is 5.06. The molecule has 30 heavy (non-hydrogen) atoms. The van der Waals surface area contributed by atoms with Crippen molar-refractivity contribution in [3.05, 3.63) is 57.2 Å².